The SMILES string of the molecule is CC(=O)C1CNC(C(=O)Nc2ncc(Cc3cccc(Cl)c3Cl)s2)C1. The van der Waals surface area contributed by atoms with E-state index < -0.39 is 0 Å². The number of aromatic nitrogens is 1. The first kappa shape index (κ1) is 18.3. The van der Waals surface area contributed by atoms with E-state index in [4.69, 9.17) is 23.2 Å². The molecule has 1 fully saturated rings. The third kappa shape index (κ3) is 4.39. The molecule has 0 saturated carbocycles. The topological polar surface area (TPSA) is 71.1 Å². The highest BCUT2D eigenvalue weighted by Crippen LogP contribution is 2.29. The van der Waals surface area contributed by atoms with Crippen molar-refractivity contribution in [2.24, 2.45) is 5.92 Å². The lowest BCUT2D eigenvalue weighted by Crippen LogP contribution is -2.35. The number of carbonyl (C=O) groups is 2. The second kappa shape index (κ2) is 7.83. The number of anilines is 1. The average Bonchev–Trinajstić information content (AvgIpc) is 3.21. The molecule has 132 valence electrons. The zero-order valence-electron chi connectivity index (χ0n) is 13.5. The molecule has 0 spiro atoms. The molecule has 25 heavy (non-hydrogen) atoms. The molecular weight excluding hydrogens is 381 g/mol. The van der Waals surface area contributed by atoms with Gasteiger partial charge in [0.1, 0.15) is 5.78 Å². The van der Waals surface area contributed by atoms with Gasteiger partial charge >= 0.3 is 0 Å². The van der Waals surface area contributed by atoms with Gasteiger partial charge in [0.25, 0.3) is 0 Å². The number of rotatable bonds is 5. The highest BCUT2D eigenvalue weighted by molar-refractivity contribution is 7.15. The predicted octanol–water partition coefficient (Wildman–Crippen LogP) is 3.55. The molecule has 1 aliphatic rings. The summed E-state index contributed by atoms with van der Waals surface area (Å²) in [5, 5.41) is 7.48. The van der Waals surface area contributed by atoms with Gasteiger partial charge in [-0.05, 0) is 25.0 Å². The minimum absolute atomic E-state index is 0.0902. The van der Waals surface area contributed by atoms with Gasteiger partial charge in [-0.1, -0.05) is 35.3 Å². The van der Waals surface area contributed by atoms with Crippen LogP contribution in [0.3, 0.4) is 0 Å². The molecule has 0 radical (unpaired) electrons. The molecule has 2 unspecified atom stereocenters. The third-order valence-electron chi connectivity index (χ3n) is 4.20. The highest BCUT2D eigenvalue weighted by atomic mass is 35.5. The number of hydrogen-bond donors (Lipinski definition) is 2. The highest BCUT2D eigenvalue weighted by Gasteiger charge is 2.32. The van der Waals surface area contributed by atoms with Crippen molar-refractivity contribution in [3.63, 3.8) is 0 Å². The molecular formula is C17H17Cl2N3O2S. The quantitative estimate of drug-likeness (QED) is 0.808. The van der Waals surface area contributed by atoms with Crippen molar-refractivity contribution in [3.8, 4) is 0 Å². The van der Waals surface area contributed by atoms with Crippen LogP contribution < -0.4 is 10.6 Å². The van der Waals surface area contributed by atoms with Crippen LogP contribution in [0.2, 0.25) is 10.0 Å². The maximum Gasteiger partial charge on any atom is 0.243 e. The Morgan fingerprint density at radius 2 is 2.20 bits per heavy atom. The first-order chi connectivity index (χ1) is 11.9. The Hall–Kier alpha value is -1.47. The van der Waals surface area contributed by atoms with Gasteiger partial charge in [0.15, 0.2) is 5.13 Å². The van der Waals surface area contributed by atoms with E-state index in [9.17, 15) is 9.59 Å². The molecule has 0 aliphatic carbocycles. The summed E-state index contributed by atoms with van der Waals surface area (Å²) >= 11 is 13.6. The summed E-state index contributed by atoms with van der Waals surface area (Å²) in [7, 11) is 0. The fourth-order valence-electron chi connectivity index (χ4n) is 2.76. The monoisotopic (exact) mass is 397 g/mol. The van der Waals surface area contributed by atoms with E-state index in [1.807, 2.05) is 12.1 Å². The van der Waals surface area contributed by atoms with E-state index >= 15 is 0 Å². The van der Waals surface area contributed by atoms with Gasteiger partial charge in [-0.2, -0.15) is 0 Å². The zero-order chi connectivity index (χ0) is 18.0. The number of amides is 1. The fourth-order valence-corrected chi connectivity index (χ4v) is 3.98. The van der Waals surface area contributed by atoms with Gasteiger partial charge in [-0.25, -0.2) is 4.98 Å². The van der Waals surface area contributed by atoms with Gasteiger partial charge in [0, 0.05) is 30.0 Å². The Balaban J connectivity index is 1.61. The first-order valence-electron chi connectivity index (χ1n) is 7.86. The van der Waals surface area contributed by atoms with Crippen LogP contribution in [0.4, 0.5) is 5.13 Å². The van der Waals surface area contributed by atoms with E-state index in [1.165, 1.54) is 11.3 Å². The molecule has 1 aromatic carbocycles. The Labute approximate surface area is 159 Å². The Morgan fingerprint density at radius 1 is 1.40 bits per heavy atom. The van der Waals surface area contributed by atoms with Crippen LogP contribution in [0, 0.1) is 5.92 Å². The molecule has 1 amide bonds. The molecule has 1 aromatic heterocycles. The number of nitrogens with zero attached hydrogens (tertiary/aromatic N) is 1. The summed E-state index contributed by atoms with van der Waals surface area (Å²) in [4.78, 5) is 28.9. The predicted molar refractivity (Wildman–Crippen MR) is 101 cm³/mol. The number of Topliss-reactive ketones (excluding diaryl/α,β-unsaturated/α-hetero) is 1. The van der Waals surface area contributed by atoms with E-state index in [0.29, 0.717) is 34.6 Å². The Morgan fingerprint density at radius 3 is 2.92 bits per heavy atom. The number of carbonyl (C=O) groups excluding carboxylic acids is 2. The minimum atomic E-state index is -0.358. The number of halogens is 2. The van der Waals surface area contributed by atoms with Crippen molar-refractivity contribution >= 4 is 51.4 Å². The summed E-state index contributed by atoms with van der Waals surface area (Å²) in [6, 6.07) is 5.15. The van der Waals surface area contributed by atoms with Crippen LogP contribution in [-0.2, 0) is 16.0 Å². The van der Waals surface area contributed by atoms with Crippen LogP contribution in [0.25, 0.3) is 0 Å². The van der Waals surface area contributed by atoms with Crippen molar-refractivity contribution < 1.29 is 9.59 Å². The summed E-state index contributed by atoms with van der Waals surface area (Å²) in [5.74, 6) is -0.143. The summed E-state index contributed by atoms with van der Waals surface area (Å²) in [5.41, 5.74) is 0.914. The lowest BCUT2D eigenvalue weighted by Gasteiger charge is -2.09. The molecule has 1 saturated heterocycles. The second-order valence-electron chi connectivity index (χ2n) is 6.01. The Bertz CT molecular complexity index is 809. The second-order valence-corrected chi connectivity index (χ2v) is 7.92. The summed E-state index contributed by atoms with van der Waals surface area (Å²) in [6.07, 6.45) is 2.84. The van der Waals surface area contributed by atoms with E-state index in [2.05, 4.69) is 15.6 Å². The van der Waals surface area contributed by atoms with Crippen molar-refractivity contribution in [1.29, 1.82) is 0 Å². The zero-order valence-corrected chi connectivity index (χ0v) is 15.8. The van der Waals surface area contributed by atoms with Gasteiger partial charge in [0.2, 0.25) is 5.91 Å². The molecule has 0 bridgehead atoms. The summed E-state index contributed by atoms with van der Waals surface area (Å²) < 4.78 is 0. The van der Waals surface area contributed by atoms with Gasteiger partial charge in [-0.15, -0.1) is 11.3 Å². The van der Waals surface area contributed by atoms with Crippen LogP contribution in [0.15, 0.2) is 24.4 Å². The lowest BCUT2D eigenvalue weighted by atomic mass is 10.0. The number of ketones is 1. The third-order valence-corrected chi connectivity index (χ3v) is 5.97. The van der Waals surface area contributed by atoms with Gasteiger partial charge in [-0.3, -0.25) is 9.59 Å². The molecule has 2 atom stereocenters. The van der Waals surface area contributed by atoms with Gasteiger partial charge < -0.3 is 10.6 Å². The maximum absolute atomic E-state index is 12.3. The average molecular weight is 398 g/mol. The number of benzene rings is 1. The van der Waals surface area contributed by atoms with Crippen LogP contribution in [0.5, 0.6) is 0 Å². The van der Waals surface area contributed by atoms with Crippen molar-refractivity contribution in [1.82, 2.24) is 10.3 Å². The molecule has 2 N–H and O–H groups in total. The number of hydrogen-bond acceptors (Lipinski definition) is 5. The van der Waals surface area contributed by atoms with E-state index in [-0.39, 0.29) is 23.7 Å². The smallest absolute Gasteiger partial charge is 0.243 e. The fraction of sp³-hybridized carbons (Fsp3) is 0.353. The van der Waals surface area contributed by atoms with Gasteiger partial charge in [0.05, 0.1) is 16.1 Å². The molecule has 3 rings (SSSR count). The number of thiazole rings is 1. The van der Waals surface area contributed by atoms with Crippen molar-refractivity contribution in [2.45, 2.75) is 25.8 Å². The summed E-state index contributed by atoms with van der Waals surface area (Å²) in [6.45, 7) is 2.10. The molecule has 1 aliphatic heterocycles. The minimum Gasteiger partial charge on any atom is -0.305 e. The standard InChI is InChI=1S/C17H17Cl2N3O2S/c1-9(23)11-6-14(20-7-11)16(24)22-17-21-8-12(25-17)5-10-3-2-4-13(18)15(10)19/h2-4,8,11,14,20H,5-7H2,1H3,(H,21,22,24). The van der Waals surface area contributed by atoms with Crippen LogP contribution in [0.1, 0.15) is 23.8 Å². The van der Waals surface area contributed by atoms with E-state index in [0.717, 1.165) is 10.4 Å². The molecule has 2 heterocycles. The van der Waals surface area contributed by atoms with Crippen molar-refractivity contribution in [2.75, 3.05) is 11.9 Å². The molecule has 5 nitrogen and oxygen atoms in total. The van der Waals surface area contributed by atoms with E-state index in [1.54, 1.807) is 19.2 Å². The Kier molecular flexibility index (Phi) is 5.74. The largest absolute Gasteiger partial charge is 0.305 e. The maximum atomic E-state index is 12.3. The van der Waals surface area contributed by atoms with Crippen molar-refractivity contribution in [3.05, 3.63) is 44.9 Å². The molecule has 2 aromatic rings. The van der Waals surface area contributed by atoms with Crippen LogP contribution in [-0.4, -0.2) is 29.3 Å². The first-order valence-corrected chi connectivity index (χ1v) is 9.43. The molecule has 8 heteroatoms. The van der Waals surface area contributed by atoms with Crippen LogP contribution >= 0.6 is 34.5 Å². The normalized spacial score (nSPS) is 19.8. The lowest BCUT2D eigenvalue weighted by molar-refractivity contribution is -0.120. The number of nitrogens with one attached hydrogen (secondary N) is 2.